The van der Waals surface area contributed by atoms with Crippen LogP contribution in [0.4, 0.5) is 0 Å². The van der Waals surface area contributed by atoms with Gasteiger partial charge < -0.3 is 0 Å². The van der Waals surface area contributed by atoms with Crippen molar-refractivity contribution >= 4 is 12.2 Å². The van der Waals surface area contributed by atoms with Crippen LogP contribution in [0.2, 0.25) is 0 Å². The molecule has 0 aliphatic rings. The van der Waals surface area contributed by atoms with E-state index in [4.69, 9.17) is 0 Å². The number of benzene rings is 4. The number of rotatable bonds is 7. The van der Waals surface area contributed by atoms with Crippen LogP contribution in [0.15, 0.2) is 109 Å². The number of allylic oxidation sites excluding steroid dienone is 2. The standard InChI is InChI=1S/C30H22.4Li/c1-5-13-25(14-6-1)21-23-29(27-17-9-3-10-18-27)30(28-19-11-4-12-20-28)24-22-26-15-7-2-8-16-26;;;;/h1-5,7,9,11,13-24,29-30H;;;;/q-4;4*+1/b23-21+,24-22+;;;;. The van der Waals surface area contributed by atoms with Crippen LogP contribution in [0.3, 0.4) is 0 Å². The van der Waals surface area contributed by atoms with Crippen LogP contribution in [0, 0.1) is 24.3 Å². The van der Waals surface area contributed by atoms with Gasteiger partial charge in [-0.1, -0.05) is 0 Å². The third kappa shape index (κ3) is 9.78. The maximum Gasteiger partial charge on any atom is 1.00 e. The van der Waals surface area contributed by atoms with Gasteiger partial charge >= 0.3 is 75.4 Å². The molecule has 0 aliphatic heterocycles. The molecule has 0 aromatic heterocycles. The Kier molecular flexibility index (Phi) is 17.4. The summed E-state index contributed by atoms with van der Waals surface area (Å²) in [4.78, 5) is 0. The summed E-state index contributed by atoms with van der Waals surface area (Å²) in [5.74, 6) is 0.310. The van der Waals surface area contributed by atoms with Gasteiger partial charge in [-0.15, -0.1) is 46.6 Å². The summed E-state index contributed by atoms with van der Waals surface area (Å²) in [6.07, 6.45) is 8.92. The molecule has 4 rings (SSSR count). The van der Waals surface area contributed by atoms with E-state index in [0.29, 0.717) is 0 Å². The van der Waals surface area contributed by atoms with Crippen molar-refractivity contribution in [3.05, 3.63) is 156 Å². The van der Waals surface area contributed by atoms with Gasteiger partial charge in [-0.25, -0.2) is 0 Å². The van der Waals surface area contributed by atoms with Crippen LogP contribution in [0.1, 0.15) is 34.1 Å². The first-order chi connectivity index (χ1) is 14.9. The average Bonchev–Trinajstić information content (AvgIpc) is 2.83. The van der Waals surface area contributed by atoms with Crippen LogP contribution in [0.25, 0.3) is 12.2 Å². The second kappa shape index (κ2) is 18.1. The SMILES string of the molecule is [Li+].[Li+].[Li+].[Li+].[c-]1cccc(/C=C/C(c2c[c-]ccc2)C(/C=C/c2c[c-]ccc2)c2c[c-]ccc2)c1. The second-order valence-corrected chi connectivity index (χ2v) is 7.12. The van der Waals surface area contributed by atoms with Crippen molar-refractivity contribution in [1.82, 2.24) is 0 Å². The predicted octanol–water partition coefficient (Wildman–Crippen LogP) is -4.80. The van der Waals surface area contributed by atoms with Crippen molar-refractivity contribution in [2.24, 2.45) is 0 Å². The summed E-state index contributed by atoms with van der Waals surface area (Å²) in [6, 6.07) is 45.4. The smallest absolute Gasteiger partial charge is 0.184 e. The van der Waals surface area contributed by atoms with Crippen molar-refractivity contribution in [3.8, 4) is 0 Å². The molecular weight excluding hydrogens is 388 g/mol. The van der Waals surface area contributed by atoms with E-state index in [1.807, 2.05) is 48.5 Å². The van der Waals surface area contributed by atoms with Crippen LogP contribution in [-0.2, 0) is 0 Å². The van der Waals surface area contributed by atoms with Crippen LogP contribution in [-0.4, -0.2) is 0 Å². The molecule has 0 aliphatic carbocycles. The third-order valence-corrected chi connectivity index (χ3v) is 5.07. The molecule has 146 valence electrons. The monoisotopic (exact) mass is 410 g/mol. The van der Waals surface area contributed by atoms with E-state index in [-0.39, 0.29) is 87.3 Å². The maximum absolute atomic E-state index is 3.24. The first-order valence-electron chi connectivity index (χ1n) is 10.1. The largest absolute Gasteiger partial charge is 1.00 e. The Hall–Kier alpha value is -1.25. The molecule has 4 heteroatoms. The molecule has 0 saturated heterocycles. The molecule has 0 heterocycles. The van der Waals surface area contributed by atoms with Crippen molar-refractivity contribution in [3.63, 3.8) is 0 Å². The molecule has 0 saturated carbocycles. The van der Waals surface area contributed by atoms with Crippen LogP contribution >= 0.6 is 0 Å². The Morgan fingerprint density at radius 2 is 0.824 bits per heavy atom. The van der Waals surface area contributed by atoms with Crippen molar-refractivity contribution < 1.29 is 75.4 Å². The second-order valence-electron chi connectivity index (χ2n) is 7.12. The van der Waals surface area contributed by atoms with E-state index in [1.165, 1.54) is 11.1 Å². The molecule has 0 radical (unpaired) electrons. The molecule has 0 nitrogen and oxygen atoms in total. The first kappa shape index (κ1) is 32.7. The molecule has 0 fully saturated rings. The summed E-state index contributed by atoms with van der Waals surface area (Å²) in [7, 11) is 0. The van der Waals surface area contributed by atoms with E-state index in [1.54, 1.807) is 0 Å². The van der Waals surface area contributed by atoms with Gasteiger partial charge in [0.25, 0.3) is 0 Å². The molecule has 0 amide bonds. The Labute approximate surface area is 253 Å². The van der Waals surface area contributed by atoms with Crippen molar-refractivity contribution in [1.29, 1.82) is 0 Å². The zero-order valence-electron chi connectivity index (χ0n) is 20.7. The zero-order valence-corrected chi connectivity index (χ0v) is 20.7. The fourth-order valence-corrected chi connectivity index (χ4v) is 3.56. The van der Waals surface area contributed by atoms with Crippen molar-refractivity contribution in [2.45, 2.75) is 11.8 Å². The summed E-state index contributed by atoms with van der Waals surface area (Å²) in [6.45, 7) is 0. The van der Waals surface area contributed by atoms with E-state index in [2.05, 4.69) is 97.1 Å². The molecule has 2 unspecified atom stereocenters. The van der Waals surface area contributed by atoms with Crippen LogP contribution < -0.4 is 75.4 Å². The normalized spacial score (nSPS) is 11.9. The predicted molar refractivity (Wildman–Crippen MR) is 125 cm³/mol. The van der Waals surface area contributed by atoms with Gasteiger partial charge in [-0.3, -0.25) is 0 Å². The van der Waals surface area contributed by atoms with Gasteiger partial charge in [-0.2, -0.15) is 121 Å². The van der Waals surface area contributed by atoms with Crippen molar-refractivity contribution in [2.75, 3.05) is 0 Å². The van der Waals surface area contributed by atoms with E-state index < -0.39 is 0 Å². The fourth-order valence-electron chi connectivity index (χ4n) is 3.56. The Morgan fingerprint density at radius 3 is 1.12 bits per heavy atom. The van der Waals surface area contributed by atoms with Gasteiger partial charge in [-0.05, 0) is 11.8 Å². The molecule has 0 bridgehead atoms. The molecule has 4 aromatic carbocycles. The summed E-state index contributed by atoms with van der Waals surface area (Å²) in [5, 5.41) is 0. The summed E-state index contributed by atoms with van der Waals surface area (Å²) >= 11 is 0. The van der Waals surface area contributed by atoms with Gasteiger partial charge in [0.05, 0.1) is 0 Å². The fraction of sp³-hybridized carbons (Fsp3) is 0.0667. The topological polar surface area (TPSA) is 0 Å². The zero-order chi connectivity index (χ0) is 20.4. The third-order valence-electron chi connectivity index (χ3n) is 5.07. The number of hydrogen-bond donors (Lipinski definition) is 0. The van der Waals surface area contributed by atoms with Gasteiger partial charge in [0, 0.05) is 0 Å². The van der Waals surface area contributed by atoms with E-state index >= 15 is 0 Å². The molecule has 0 spiro atoms. The quantitative estimate of drug-likeness (QED) is 0.212. The summed E-state index contributed by atoms with van der Waals surface area (Å²) in [5.41, 5.74) is 4.74. The molecular formula is C30H22Li4. The number of hydrogen-bond acceptors (Lipinski definition) is 0. The Balaban J connectivity index is 0.00000272. The minimum atomic E-state index is 0. The minimum absolute atomic E-state index is 0. The molecule has 0 N–H and O–H groups in total. The first-order valence-corrected chi connectivity index (χ1v) is 10.1. The van der Waals surface area contributed by atoms with E-state index in [0.717, 1.165) is 11.1 Å². The Bertz CT molecular complexity index is 989. The molecule has 2 atom stereocenters. The molecule has 34 heavy (non-hydrogen) atoms. The van der Waals surface area contributed by atoms with E-state index in [9.17, 15) is 0 Å². The van der Waals surface area contributed by atoms with Crippen LogP contribution in [0.5, 0.6) is 0 Å². The van der Waals surface area contributed by atoms with Gasteiger partial charge in [0.15, 0.2) is 0 Å². The van der Waals surface area contributed by atoms with Gasteiger partial charge in [0.1, 0.15) is 0 Å². The molecule has 4 aromatic rings. The average molecular weight is 410 g/mol. The minimum Gasteiger partial charge on any atom is -0.184 e. The summed E-state index contributed by atoms with van der Waals surface area (Å²) < 4.78 is 0. The van der Waals surface area contributed by atoms with Gasteiger partial charge in [0.2, 0.25) is 0 Å². The Morgan fingerprint density at radius 1 is 0.471 bits per heavy atom. The maximum atomic E-state index is 3.24.